The smallest absolute Gasteiger partial charge is 0.282 e. The average Bonchev–Trinajstić information content (AvgIpc) is 3.57. The van der Waals surface area contributed by atoms with Crippen LogP contribution in [-0.4, -0.2) is 36.7 Å². The maximum Gasteiger partial charge on any atom is 0.283 e. The van der Waals surface area contributed by atoms with Gasteiger partial charge in [0.25, 0.3) is 5.91 Å². The van der Waals surface area contributed by atoms with Crippen LogP contribution in [0.1, 0.15) is 44.1 Å². The fraction of sp³-hybridized carbons (Fsp3) is 0.323. The minimum absolute atomic E-state index is 0.0800. The third-order valence-corrected chi connectivity index (χ3v) is 10.8. The van der Waals surface area contributed by atoms with Gasteiger partial charge >= 0.3 is 0 Å². The first kappa shape index (κ1) is 24.5. The van der Waals surface area contributed by atoms with Gasteiger partial charge in [-0.05, 0) is 98.4 Å². The molecule has 3 heterocycles. The number of amidine groups is 2. The van der Waals surface area contributed by atoms with Crippen LogP contribution in [0.4, 0.5) is 0 Å². The van der Waals surface area contributed by atoms with E-state index in [-0.39, 0.29) is 16.8 Å². The zero-order valence-corrected chi connectivity index (χ0v) is 24.2. The number of hydrogen-bond acceptors (Lipinski definition) is 5. The normalized spacial score (nSPS) is 29.7. The van der Waals surface area contributed by atoms with E-state index in [0.717, 1.165) is 49.8 Å². The predicted molar refractivity (Wildman–Crippen MR) is 162 cm³/mol. The lowest BCUT2D eigenvalue weighted by Gasteiger charge is -2.56. The van der Waals surface area contributed by atoms with Crippen LogP contribution in [0, 0.1) is 28.6 Å². The van der Waals surface area contributed by atoms with E-state index in [0.29, 0.717) is 5.17 Å². The fourth-order valence-corrected chi connectivity index (χ4v) is 9.15. The zero-order chi connectivity index (χ0) is 27.0. The van der Waals surface area contributed by atoms with Crippen molar-refractivity contribution in [2.75, 3.05) is 0 Å². The molecule has 0 spiro atoms. The lowest BCUT2D eigenvalue weighted by atomic mass is 9.50. The van der Waals surface area contributed by atoms with Gasteiger partial charge in [-0.3, -0.25) is 10.2 Å². The molecule has 1 amide bonds. The number of amides is 1. The van der Waals surface area contributed by atoms with E-state index in [2.05, 4.69) is 20.9 Å². The van der Waals surface area contributed by atoms with Crippen molar-refractivity contribution >= 4 is 55.7 Å². The highest BCUT2D eigenvalue weighted by atomic mass is 79.9. The second-order valence-electron chi connectivity index (χ2n) is 11.8. The van der Waals surface area contributed by atoms with Crippen LogP contribution >= 0.6 is 27.7 Å². The van der Waals surface area contributed by atoms with Crippen molar-refractivity contribution in [1.82, 2.24) is 14.8 Å². The fourth-order valence-electron chi connectivity index (χ4n) is 7.77. The number of halogens is 1. The van der Waals surface area contributed by atoms with Crippen molar-refractivity contribution in [3.8, 4) is 16.9 Å². The monoisotopic (exact) mass is 610 g/mol. The summed E-state index contributed by atoms with van der Waals surface area (Å²) in [6.07, 6.45) is 11.3. The van der Waals surface area contributed by atoms with Gasteiger partial charge in [-0.25, -0.2) is 4.68 Å². The number of hydrogen-bond donors (Lipinski definition) is 1. The minimum Gasteiger partial charge on any atom is -0.282 e. The molecule has 200 valence electrons. The van der Waals surface area contributed by atoms with Crippen LogP contribution in [0.3, 0.4) is 0 Å². The first-order valence-corrected chi connectivity index (χ1v) is 15.5. The summed E-state index contributed by atoms with van der Waals surface area (Å²) in [4.78, 5) is 17.8. The van der Waals surface area contributed by atoms with Gasteiger partial charge < -0.3 is 0 Å². The third kappa shape index (κ3) is 3.96. The summed E-state index contributed by atoms with van der Waals surface area (Å²) in [7, 11) is 0. The second-order valence-corrected chi connectivity index (χ2v) is 13.7. The molecule has 0 unspecified atom stereocenters. The molecule has 6 aliphatic rings. The number of para-hydroxylation sites is 1. The molecule has 1 aromatic heterocycles. The summed E-state index contributed by atoms with van der Waals surface area (Å²) in [6.45, 7) is 0. The van der Waals surface area contributed by atoms with Gasteiger partial charge in [0.2, 0.25) is 5.17 Å². The number of fused-ring (bicyclic) bond motifs is 1. The van der Waals surface area contributed by atoms with Crippen LogP contribution in [0.2, 0.25) is 0 Å². The summed E-state index contributed by atoms with van der Waals surface area (Å²) in [5.74, 6) is 2.06. The predicted octanol–water partition coefficient (Wildman–Crippen LogP) is 7.14. The highest BCUT2D eigenvalue weighted by Gasteiger charge is 2.55. The Labute approximate surface area is 245 Å². The molecular weight excluding hydrogens is 584 g/mol. The highest BCUT2D eigenvalue weighted by Crippen LogP contribution is 2.62. The van der Waals surface area contributed by atoms with Crippen LogP contribution in [-0.2, 0) is 4.79 Å². The Kier molecular flexibility index (Phi) is 5.58. The molecule has 0 saturated heterocycles. The van der Waals surface area contributed by atoms with Gasteiger partial charge in [0.1, 0.15) is 5.04 Å². The van der Waals surface area contributed by atoms with Crippen molar-refractivity contribution in [3.63, 3.8) is 0 Å². The summed E-state index contributed by atoms with van der Waals surface area (Å²) >= 11 is 5.03. The number of nitrogens with zero attached hydrogens (tertiary/aromatic N) is 5. The molecule has 9 heteroatoms. The number of hydrazone groups is 1. The Morgan fingerprint density at radius 2 is 1.65 bits per heavy atom. The molecular formula is C31H27BrN6OS. The SMILES string of the molecule is N=C1/C(=C/c2cn(-c3ccccc3)nc2-c2ccc(Br)cc2)C(=O)N=C2SC(C34CC5CC(CC(C5)C3)C4)=NN12. The first-order valence-electron chi connectivity index (χ1n) is 13.9. The number of benzene rings is 2. The van der Waals surface area contributed by atoms with Crippen LogP contribution in [0.25, 0.3) is 23.0 Å². The Hall–Kier alpha value is -3.30. The summed E-state index contributed by atoms with van der Waals surface area (Å²) in [6, 6.07) is 17.8. The number of nitrogens with one attached hydrogen (secondary N) is 1. The van der Waals surface area contributed by atoms with E-state index in [1.165, 1.54) is 50.3 Å². The Balaban J connectivity index is 1.17. The van der Waals surface area contributed by atoms with E-state index in [4.69, 9.17) is 15.6 Å². The number of aliphatic imine (C=N–C) groups is 1. The van der Waals surface area contributed by atoms with E-state index >= 15 is 0 Å². The number of rotatable bonds is 4. The number of aromatic nitrogens is 2. The minimum atomic E-state index is -0.403. The first-order chi connectivity index (χ1) is 19.4. The van der Waals surface area contributed by atoms with Gasteiger partial charge in [-0.1, -0.05) is 46.3 Å². The van der Waals surface area contributed by atoms with Crippen LogP contribution in [0.5, 0.6) is 0 Å². The quantitative estimate of drug-likeness (QED) is 0.318. The maximum absolute atomic E-state index is 13.4. The van der Waals surface area contributed by atoms with Crippen molar-refractivity contribution < 1.29 is 4.79 Å². The van der Waals surface area contributed by atoms with Crippen molar-refractivity contribution in [2.24, 2.45) is 33.3 Å². The standard InChI is InChI=1S/C31H27BrN6OS/c32-23-8-6-21(7-9-23)26-22(17-37(35-26)24-4-2-1-3-5-24)13-25-27(33)38-30(34-28(25)39)40-29(36-38)31-14-18-10-19(15-31)12-20(11-18)16-31/h1-9,13,17-20,33H,10-12,14-16H2/b25-13-,33-27?. The highest BCUT2D eigenvalue weighted by molar-refractivity contribution is 9.10. The third-order valence-electron chi connectivity index (χ3n) is 9.13. The Morgan fingerprint density at radius 1 is 0.975 bits per heavy atom. The molecule has 4 fully saturated rings. The van der Waals surface area contributed by atoms with Gasteiger partial charge in [0, 0.05) is 27.2 Å². The molecule has 4 aliphatic carbocycles. The van der Waals surface area contributed by atoms with Gasteiger partial charge in [0.15, 0.2) is 5.84 Å². The van der Waals surface area contributed by atoms with Gasteiger partial charge in [-0.15, -0.1) is 0 Å². The van der Waals surface area contributed by atoms with E-state index in [9.17, 15) is 4.79 Å². The van der Waals surface area contributed by atoms with E-state index in [1.807, 2.05) is 65.5 Å². The summed E-state index contributed by atoms with van der Waals surface area (Å²) in [5.41, 5.74) is 3.63. The largest absolute Gasteiger partial charge is 0.283 e. The van der Waals surface area contributed by atoms with E-state index in [1.54, 1.807) is 11.1 Å². The Bertz CT molecular complexity index is 1620. The van der Waals surface area contributed by atoms with Crippen molar-refractivity contribution in [3.05, 3.63) is 76.4 Å². The zero-order valence-electron chi connectivity index (χ0n) is 21.8. The topological polar surface area (TPSA) is 86.7 Å². The lowest BCUT2D eigenvalue weighted by Crippen LogP contribution is -2.49. The van der Waals surface area contributed by atoms with Crippen LogP contribution in [0.15, 0.2) is 80.9 Å². The molecule has 4 saturated carbocycles. The van der Waals surface area contributed by atoms with Gasteiger partial charge in [0.05, 0.1) is 17.0 Å². The number of carbonyl (C=O) groups excluding carboxylic acids is 1. The summed E-state index contributed by atoms with van der Waals surface area (Å²) in [5, 5.41) is 22.1. The van der Waals surface area contributed by atoms with E-state index < -0.39 is 5.91 Å². The van der Waals surface area contributed by atoms with Crippen molar-refractivity contribution in [1.29, 1.82) is 5.41 Å². The molecule has 0 atom stereocenters. The van der Waals surface area contributed by atoms with Gasteiger partial charge in [-0.2, -0.15) is 20.2 Å². The molecule has 1 N–H and O–H groups in total. The number of carbonyl (C=O) groups is 1. The van der Waals surface area contributed by atoms with Crippen LogP contribution < -0.4 is 0 Å². The second kappa shape index (κ2) is 9.11. The maximum atomic E-state index is 13.4. The summed E-state index contributed by atoms with van der Waals surface area (Å²) < 4.78 is 2.79. The molecule has 0 radical (unpaired) electrons. The average molecular weight is 612 g/mol. The number of thioether (sulfide) groups is 1. The molecule has 2 aliphatic heterocycles. The lowest BCUT2D eigenvalue weighted by molar-refractivity contribution is -0.114. The van der Waals surface area contributed by atoms with Crippen molar-refractivity contribution in [2.45, 2.75) is 38.5 Å². The Morgan fingerprint density at radius 3 is 2.33 bits per heavy atom. The molecule has 4 bridgehead atoms. The molecule has 9 rings (SSSR count). The molecule has 40 heavy (non-hydrogen) atoms. The molecule has 2 aromatic carbocycles. The molecule has 3 aromatic rings. The molecule has 7 nitrogen and oxygen atoms in total.